The van der Waals surface area contributed by atoms with Gasteiger partial charge in [0.2, 0.25) is 0 Å². The summed E-state index contributed by atoms with van der Waals surface area (Å²) >= 11 is 0. The number of H-pyrrole nitrogens is 2. The number of nitrogens with one attached hydrogen (secondary N) is 3. The first kappa shape index (κ1) is 19.4. The molecule has 2 aromatic carbocycles. The standard InChI is InChI=1S/C17H13F3N4O3S/c18-17(19,20)13-8-12(15-21-16(25)23-22-15)9-14(10-13)24-28(26,27)7-6-11-4-2-1-3-5-11/h1-10,24H,(H2,21,22,23,25). The monoisotopic (exact) mass is 410 g/mol. The van der Waals surface area contributed by atoms with Crippen molar-refractivity contribution in [2.75, 3.05) is 4.72 Å². The van der Waals surface area contributed by atoms with Crippen molar-refractivity contribution in [3.8, 4) is 11.4 Å². The van der Waals surface area contributed by atoms with E-state index in [9.17, 15) is 26.4 Å². The van der Waals surface area contributed by atoms with Crippen molar-refractivity contribution in [3.63, 3.8) is 0 Å². The number of benzene rings is 2. The maximum absolute atomic E-state index is 13.2. The van der Waals surface area contributed by atoms with Crippen LogP contribution in [0.25, 0.3) is 17.5 Å². The molecule has 0 amide bonds. The Kier molecular flexibility index (Phi) is 5.10. The van der Waals surface area contributed by atoms with Crippen molar-refractivity contribution in [2.24, 2.45) is 0 Å². The second-order valence-corrected chi connectivity index (χ2v) is 7.25. The third-order valence-electron chi connectivity index (χ3n) is 3.53. The number of hydrogen-bond acceptors (Lipinski definition) is 4. The molecule has 0 aliphatic heterocycles. The summed E-state index contributed by atoms with van der Waals surface area (Å²) in [5.74, 6) is -0.156. The lowest BCUT2D eigenvalue weighted by atomic mass is 10.1. The predicted molar refractivity (Wildman–Crippen MR) is 97.7 cm³/mol. The van der Waals surface area contributed by atoms with Crippen LogP contribution in [0, 0.1) is 0 Å². The van der Waals surface area contributed by atoms with E-state index in [0.717, 1.165) is 17.5 Å². The van der Waals surface area contributed by atoms with Gasteiger partial charge in [0.05, 0.1) is 16.7 Å². The first-order chi connectivity index (χ1) is 13.1. The van der Waals surface area contributed by atoms with Gasteiger partial charge in [0.15, 0.2) is 5.82 Å². The fourth-order valence-corrected chi connectivity index (χ4v) is 3.18. The summed E-state index contributed by atoms with van der Waals surface area (Å²) in [6.07, 6.45) is -3.42. The first-order valence-electron chi connectivity index (χ1n) is 7.76. The van der Waals surface area contributed by atoms with Crippen molar-refractivity contribution in [1.29, 1.82) is 0 Å². The average molecular weight is 410 g/mol. The van der Waals surface area contributed by atoms with Crippen molar-refractivity contribution >= 4 is 21.8 Å². The van der Waals surface area contributed by atoms with Crippen molar-refractivity contribution in [1.82, 2.24) is 15.2 Å². The van der Waals surface area contributed by atoms with Gasteiger partial charge in [-0.2, -0.15) is 18.3 Å². The third kappa shape index (κ3) is 4.88. The van der Waals surface area contributed by atoms with Crippen LogP contribution in [0.15, 0.2) is 58.7 Å². The zero-order valence-corrected chi connectivity index (χ0v) is 14.8. The summed E-state index contributed by atoms with van der Waals surface area (Å²) in [6, 6.07) is 11.1. The Morgan fingerprint density at radius 1 is 1.07 bits per heavy atom. The average Bonchev–Trinajstić information content (AvgIpc) is 3.06. The van der Waals surface area contributed by atoms with Crippen LogP contribution in [-0.2, 0) is 16.2 Å². The number of hydrogen-bond donors (Lipinski definition) is 3. The third-order valence-corrected chi connectivity index (χ3v) is 4.55. The van der Waals surface area contributed by atoms with E-state index in [2.05, 4.69) is 14.8 Å². The van der Waals surface area contributed by atoms with Crippen LogP contribution in [-0.4, -0.2) is 23.6 Å². The van der Waals surface area contributed by atoms with Crippen LogP contribution in [0.2, 0.25) is 0 Å². The molecule has 0 aliphatic carbocycles. The quantitative estimate of drug-likeness (QED) is 0.600. The largest absolute Gasteiger partial charge is 0.416 e. The van der Waals surface area contributed by atoms with Gasteiger partial charge < -0.3 is 0 Å². The maximum Gasteiger partial charge on any atom is 0.416 e. The van der Waals surface area contributed by atoms with E-state index < -0.39 is 27.5 Å². The molecule has 146 valence electrons. The lowest BCUT2D eigenvalue weighted by Gasteiger charge is -2.12. The van der Waals surface area contributed by atoms with E-state index in [0.29, 0.717) is 11.6 Å². The van der Waals surface area contributed by atoms with Crippen LogP contribution >= 0.6 is 0 Å². The highest BCUT2D eigenvalue weighted by molar-refractivity contribution is 7.95. The Balaban J connectivity index is 1.96. The van der Waals surface area contributed by atoms with Gasteiger partial charge in [-0.05, 0) is 29.8 Å². The molecular weight excluding hydrogens is 397 g/mol. The molecule has 7 nitrogen and oxygen atoms in total. The highest BCUT2D eigenvalue weighted by Gasteiger charge is 2.32. The second-order valence-electron chi connectivity index (χ2n) is 5.68. The molecule has 1 aromatic heterocycles. The molecule has 3 aromatic rings. The molecule has 0 radical (unpaired) electrons. The second kappa shape index (κ2) is 7.35. The predicted octanol–water partition coefficient (Wildman–Crippen LogP) is 3.20. The summed E-state index contributed by atoms with van der Waals surface area (Å²) in [5.41, 5.74) is -1.64. The number of halogens is 3. The van der Waals surface area contributed by atoms with E-state index >= 15 is 0 Å². The molecule has 1 heterocycles. The Morgan fingerprint density at radius 2 is 1.79 bits per heavy atom. The van der Waals surface area contributed by atoms with Gasteiger partial charge in [0, 0.05) is 5.56 Å². The zero-order valence-electron chi connectivity index (χ0n) is 14.0. The Hall–Kier alpha value is -3.34. The number of alkyl halides is 3. The van der Waals surface area contributed by atoms with Gasteiger partial charge in [0.25, 0.3) is 10.0 Å². The Labute approximate surface area is 157 Å². The molecule has 0 aliphatic rings. The highest BCUT2D eigenvalue weighted by Crippen LogP contribution is 2.34. The van der Waals surface area contributed by atoms with Gasteiger partial charge in [-0.15, -0.1) is 0 Å². The van der Waals surface area contributed by atoms with E-state index in [1.807, 2.05) is 5.10 Å². The molecule has 0 bridgehead atoms. The number of anilines is 1. The Morgan fingerprint density at radius 3 is 2.39 bits per heavy atom. The van der Waals surface area contributed by atoms with E-state index in [1.165, 1.54) is 6.08 Å². The first-order valence-corrected chi connectivity index (χ1v) is 9.30. The van der Waals surface area contributed by atoms with Gasteiger partial charge in [-0.1, -0.05) is 30.3 Å². The van der Waals surface area contributed by atoms with Crippen LogP contribution < -0.4 is 10.4 Å². The van der Waals surface area contributed by atoms with E-state index in [4.69, 9.17) is 0 Å². The van der Waals surface area contributed by atoms with E-state index in [1.54, 1.807) is 30.3 Å². The molecular formula is C17H13F3N4O3S. The van der Waals surface area contributed by atoms with Crippen LogP contribution in [0.3, 0.4) is 0 Å². The molecule has 0 unspecified atom stereocenters. The van der Waals surface area contributed by atoms with Gasteiger partial charge in [-0.25, -0.2) is 18.3 Å². The van der Waals surface area contributed by atoms with Gasteiger partial charge in [0.1, 0.15) is 0 Å². The molecule has 0 spiro atoms. The molecule has 0 atom stereocenters. The van der Waals surface area contributed by atoms with Crippen molar-refractivity contribution in [2.45, 2.75) is 6.18 Å². The zero-order chi connectivity index (χ0) is 20.4. The van der Waals surface area contributed by atoms with Crippen molar-refractivity contribution < 1.29 is 21.6 Å². The summed E-state index contributed by atoms with van der Waals surface area (Å²) in [5, 5.41) is 6.46. The summed E-state index contributed by atoms with van der Waals surface area (Å²) in [7, 11) is -4.09. The summed E-state index contributed by atoms with van der Waals surface area (Å²) in [4.78, 5) is 13.4. The van der Waals surface area contributed by atoms with Crippen LogP contribution in [0.4, 0.5) is 18.9 Å². The van der Waals surface area contributed by atoms with Gasteiger partial charge in [-0.3, -0.25) is 9.71 Å². The number of aromatic amines is 2. The smallest absolute Gasteiger partial charge is 0.289 e. The van der Waals surface area contributed by atoms with Crippen LogP contribution in [0.5, 0.6) is 0 Å². The fourth-order valence-electron chi connectivity index (χ4n) is 2.32. The maximum atomic E-state index is 13.2. The van der Waals surface area contributed by atoms with Gasteiger partial charge >= 0.3 is 11.9 Å². The van der Waals surface area contributed by atoms with E-state index in [-0.39, 0.29) is 17.1 Å². The SMILES string of the molecule is O=c1[nH]nc(-c2cc(NS(=O)(=O)C=Cc3ccccc3)cc(C(F)(F)F)c2)[nH]1. The minimum absolute atomic E-state index is 0.113. The minimum atomic E-state index is -4.73. The fraction of sp³-hybridized carbons (Fsp3) is 0.0588. The molecule has 28 heavy (non-hydrogen) atoms. The Bertz CT molecular complexity index is 1170. The molecule has 0 saturated heterocycles. The molecule has 11 heteroatoms. The molecule has 0 saturated carbocycles. The topological polar surface area (TPSA) is 108 Å². The lowest BCUT2D eigenvalue weighted by molar-refractivity contribution is -0.137. The normalized spacial score (nSPS) is 12.4. The molecule has 3 N–H and O–H groups in total. The molecule has 0 fully saturated rings. The number of rotatable bonds is 5. The molecule has 3 rings (SSSR count). The number of aromatic nitrogens is 3. The summed E-state index contributed by atoms with van der Waals surface area (Å²) < 4.78 is 66.1. The van der Waals surface area contributed by atoms with Crippen LogP contribution in [0.1, 0.15) is 11.1 Å². The highest BCUT2D eigenvalue weighted by atomic mass is 32.2. The van der Waals surface area contributed by atoms with Crippen molar-refractivity contribution in [3.05, 3.63) is 75.6 Å². The minimum Gasteiger partial charge on any atom is -0.289 e. The number of sulfonamides is 1. The number of nitrogens with zero attached hydrogens (tertiary/aromatic N) is 1. The lowest BCUT2D eigenvalue weighted by Crippen LogP contribution is -2.11. The summed E-state index contributed by atoms with van der Waals surface area (Å²) in [6.45, 7) is 0.